The van der Waals surface area contributed by atoms with Crippen LogP contribution < -0.4 is 14.2 Å². The molecule has 0 radical (unpaired) electrons. The molecule has 5 atom stereocenters. The Morgan fingerprint density at radius 2 is 1.86 bits per heavy atom. The molecular weight excluding hydrogens is 446 g/mol. The smallest absolute Gasteiger partial charge is 0.231 e. The summed E-state index contributed by atoms with van der Waals surface area (Å²) in [5.41, 5.74) is 6.88. The Balaban J connectivity index is 1.61. The summed E-state index contributed by atoms with van der Waals surface area (Å²) in [5.74, 6) is 2.20. The number of aliphatic hydroxyl groups excluding tert-OH is 1. The SMILES string of the molecule is COc1c(C)cc2c(c1C)[C@@H]1[C@@H]3Cc4c(O)c(C)c5c(c4[C@H](CO)N3[C@@H](C#N)C(C2)N1C)OCO5. The summed E-state index contributed by atoms with van der Waals surface area (Å²) in [6, 6.07) is 3.70. The molecule has 6 rings (SSSR count). The second-order valence-corrected chi connectivity index (χ2v) is 10.2. The molecule has 8 heteroatoms. The van der Waals surface area contributed by atoms with Crippen molar-refractivity contribution in [1.29, 1.82) is 5.26 Å². The van der Waals surface area contributed by atoms with Crippen molar-refractivity contribution < 1.29 is 24.4 Å². The van der Waals surface area contributed by atoms with Gasteiger partial charge in [-0.25, -0.2) is 0 Å². The third kappa shape index (κ3) is 2.77. The molecule has 1 fully saturated rings. The summed E-state index contributed by atoms with van der Waals surface area (Å²) < 4.78 is 17.3. The number of hydrogen-bond acceptors (Lipinski definition) is 8. The number of benzene rings is 2. The van der Waals surface area contributed by atoms with Gasteiger partial charge in [-0.3, -0.25) is 9.80 Å². The maximum atomic E-state index is 11.3. The van der Waals surface area contributed by atoms with Gasteiger partial charge in [0.25, 0.3) is 0 Å². The van der Waals surface area contributed by atoms with Crippen LogP contribution in [0.2, 0.25) is 0 Å². The first-order chi connectivity index (χ1) is 16.8. The largest absolute Gasteiger partial charge is 0.507 e. The summed E-state index contributed by atoms with van der Waals surface area (Å²) in [6.07, 6.45) is 1.28. The first-order valence-corrected chi connectivity index (χ1v) is 12.1. The monoisotopic (exact) mass is 477 g/mol. The number of hydrogen-bond donors (Lipinski definition) is 2. The molecule has 2 aromatic carbocycles. The fraction of sp³-hybridized carbons (Fsp3) is 0.519. The molecule has 35 heavy (non-hydrogen) atoms. The number of phenolic OH excluding ortho intramolecular Hbond substituents is 1. The van der Waals surface area contributed by atoms with Crippen molar-refractivity contribution in [2.24, 2.45) is 0 Å². The standard InChI is InChI=1S/C27H31N3O5/c1-12-6-15-7-17-19(9-28)30-18(23(29(17)4)21(15)13(2)25(12)33-5)8-16-22(20(30)10-31)27-26(34-11-35-27)14(3)24(16)32/h6,17-20,23,31-32H,7-8,10-11H2,1-5H3/t17?,18-,19-,20-,23-/m0/s1. The Bertz CT molecular complexity index is 1290. The van der Waals surface area contributed by atoms with Crippen LogP contribution in [0.3, 0.4) is 0 Å². The van der Waals surface area contributed by atoms with Gasteiger partial charge in [0, 0.05) is 28.8 Å². The Morgan fingerprint density at radius 3 is 2.54 bits per heavy atom. The first-order valence-electron chi connectivity index (χ1n) is 12.1. The number of piperazine rings is 1. The number of aromatic hydroxyl groups is 1. The van der Waals surface area contributed by atoms with E-state index in [2.05, 4.69) is 42.8 Å². The topological polar surface area (TPSA) is 98.4 Å². The van der Waals surface area contributed by atoms with Crippen LogP contribution in [0.15, 0.2) is 6.07 Å². The van der Waals surface area contributed by atoms with Crippen LogP contribution in [-0.4, -0.2) is 65.7 Å². The minimum atomic E-state index is -0.483. The Labute approximate surface area is 205 Å². The summed E-state index contributed by atoms with van der Waals surface area (Å²) in [5, 5.41) is 32.4. The van der Waals surface area contributed by atoms with E-state index in [4.69, 9.17) is 14.2 Å². The maximum absolute atomic E-state index is 11.3. The molecule has 0 spiro atoms. The molecule has 4 aliphatic heterocycles. The van der Waals surface area contributed by atoms with Crippen molar-refractivity contribution in [1.82, 2.24) is 9.80 Å². The van der Waals surface area contributed by atoms with E-state index in [1.54, 1.807) is 7.11 Å². The molecule has 2 bridgehead atoms. The lowest BCUT2D eigenvalue weighted by Gasteiger charge is -2.60. The highest BCUT2D eigenvalue weighted by atomic mass is 16.7. The van der Waals surface area contributed by atoms with E-state index >= 15 is 0 Å². The molecule has 2 N–H and O–H groups in total. The minimum absolute atomic E-state index is 0.0184. The Morgan fingerprint density at radius 1 is 1.11 bits per heavy atom. The molecule has 0 aliphatic carbocycles. The van der Waals surface area contributed by atoms with Gasteiger partial charge in [0.2, 0.25) is 6.79 Å². The van der Waals surface area contributed by atoms with Gasteiger partial charge in [0.1, 0.15) is 17.5 Å². The normalized spacial score (nSPS) is 28.7. The minimum Gasteiger partial charge on any atom is -0.507 e. The maximum Gasteiger partial charge on any atom is 0.231 e. The second kappa shape index (κ2) is 7.76. The zero-order valence-corrected chi connectivity index (χ0v) is 20.8. The van der Waals surface area contributed by atoms with Crippen LogP contribution in [0.1, 0.15) is 51.0 Å². The molecule has 2 aromatic rings. The third-order valence-corrected chi connectivity index (χ3v) is 8.74. The van der Waals surface area contributed by atoms with E-state index in [9.17, 15) is 15.5 Å². The van der Waals surface area contributed by atoms with E-state index in [0.29, 0.717) is 23.5 Å². The molecule has 0 saturated carbocycles. The predicted octanol–water partition coefficient (Wildman–Crippen LogP) is 2.82. The number of likely N-dealkylation sites (N-methyl/N-ethyl adjacent to an activating group) is 1. The van der Waals surface area contributed by atoms with Crippen molar-refractivity contribution in [3.05, 3.63) is 45.0 Å². The van der Waals surface area contributed by atoms with Gasteiger partial charge in [-0.05, 0) is 62.9 Å². The summed E-state index contributed by atoms with van der Waals surface area (Å²) in [6.45, 7) is 5.90. The van der Waals surface area contributed by atoms with Crippen molar-refractivity contribution in [3.8, 4) is 29.1 Å². The number of rotatable bonds is 2. The van der Waals surface area contributed by atoms with Gasteiger partial charge >= 0.3 is 0 Å². The molecule has 8 nitrogen and oxygen atoms in total. The van der Waals surface area contributed by atoms with Gasteiger partial charge in [-0.15, -0.1) is 0 Å². The van der Waals surface area contributed by atoms with Crippen LogP contribution in [0.4, 0.5) is 0 Å². The van der Waals surface area contributed by atoms with E-state index in [1.165, 1.54) is 11.1 Å². The van der Waals surface area contributed by atoms with Crippen LogP contribution in [0.5, 0.6) is 23.0 Å². The number of nitrogens with zero attached hydrogens (tertiary/aromatic N) is 3. The van der Waals surface area contributed by atoms with Gasteiger partial charge < -0.3 is 24.4 Å². The van der Waals surface area contributed by atoms with Gasteiger partial charge in [0.05, 0.1) is 31.9 Å². The fourth-order valence-corrected chi connectivity index (χ4v) is 7.36. The summed E-state index contributed by atoms with van der Waals surface area (Å²) in [4.78, 5) is 4.51. The van der Waals surface area contributed by atoms with E-state index in [1.807, 2.05) is 6.92 Å². The average molecular weight is 478 g/mol. The number of ether oxygens (including phenoxy) is 3. The lowest BCUT2D eigenvalue weighted by Crippen LogP contribution is -2.68. The molecule has 184 valence electrons. The van der Waals surface area contributed by atoms with E-state index in [0.717, 1.165) is 34.4 Å². The van der Waals surface area contributed by atoms with Crippen LogP contribution in [0, 0.1) is 32.1 Å². The van der Waals surface area contributed by atoms with Crippen molar-refractivity contribution in [3.63, 3.8) is 0 Å². The molecule has 1 saturated heterocycles. The summed E-state index contributed by atoms with van der Waals surface area (Å²) in [7, 11) is 3.80. The highest BCUT2D eigenvalue weighted by Crippen LogP contribution is 2.57. The van der Waals surface area contributed by atoms with E-state index < -0.39 is 12.1 Å². The van der Waals surface area contributed by atoms with Crippen LogP contribution in [0.25, 0.3) is 0 Å². The van der Waals surface area contributed by atoms with Gasteiger partial charge in [0.15, 0.2) is 11.5 Å². The average Bonchev–Trinajstić information content (AvgIpc) is 3.32. The first kappa shape index (κ1) is 22.5. The lowest BCUT2D eigenvalue weighted by molar-refractivity contribution is -0.0821. The zero-order chi connectivity index (χ0) is 24.8. The molecule has 0 amide bonds. The van der Waals surface area contributed by atoms with E-state index in [-0.39, 0.29) is 37.3 Å². The molecule has 4 aliphatic rings. The third-order valence-electron chi connectivity index (χ3n) is 8.74. The molecule has 1 unspecified atom stereocenters. The highest BCUT2D eigenvalue weighted by molar-refractivity contribution is 5.65. The lowest BCUT2D eigenvalue weighted by atomic mass is 9.71. The van der Waals surface area contributed by atoms with Crippen molar-refractivity contribution >= 4 is 0 Å². The molecule has 0 aromatic heterocycles. The molecule has 4 heterocycles. The highest BCUT2D eigenvalue weighted by Gasteiger charge is 2.56. The number of methoxy groups -OCH3 is 1. The quantitative estimate of drug-likeness (QED) is 0.682. The van der Waals surface area contributed by atoms with Crippen LogP contribution >= 0.6 is 0 Å². The summed E-state index contributed by atoms with van der Waals surface area (Å²) >= 11 is 0. The number of aliphatic hydroxyl groups is 1. The number of aryl methyl sites for hydroxylation is 1. The van der Waals surface area contributed by atoms with Crippen molar-refractivity contribution in [2.45, 2.75) is 63.8 Å². The van der Waals surface area contributed by atoms with Crippen LogP contribution in [-0.2, 0) is 12.8 Å². The number of nitriles is 1. The second-order valence-electron chi connectivity index (χ2n) is 10.2. The fourth-order valence-electron chi connectivity index (χ4n) is 7.36. The Kier molecular flexibility index (Phi) is 4.98. The number of phenols is 1. The zero-order valence-electron chi connectivity index (χ0n) is 20.8. The van der Waals surface area contributed by atoms with Crippen molar-refractivity contribution in [2.75, 3.05) is 27.6 Å². The van der Waals surface area contributed by atoms with Gasteiger partial charge in [-0.2, -0.15) is 5.26 Å². The predicted molar refractivity (Wildman–Crippen MR) is 128 cm³/mol. The molecular formula is C27H31N3O5. The number of fused-ring (bicyclic) bond motifs is 9. The Hall–Kier alpha value is -2.99. The van der Waals surface area contributed by atoms with Gasteiger partial charge in [-0.1, -0.05) is 6.07 Å².